The smallest absolute Gasteiger partial charge is 0.275 e. The number of benzene rings is 1. The largest absolute Gasteiger partial charge is 0.494 e. The first-order valence-electron chi connectivity index (χ1n) is 6.86. The van der Waals surface area contributed by atoms with Crippen LogP contribution in [-0.2, 0) is 13.0 Å². The van der Waals surface area contributed by atoms with Gasteiger partial charge in [-0.3, -0.25) is 10.1 Å². The Labute approximate surface area is 127 Å². The van der Waals surface area contributed by atoms with Gasteiger partial charge in [0, 0.05) is 34.1 Å². The number of nitrogens with one attached hydrogen (secondary N) is 1. The van der Waals surface area contributed by atoms with E-state index in [0.717, 1.165) is 6.42 Å². The molecular weight excluding hydrogens is 288 g/mol. The van der Waals surface area contributed by atoms with E-state index in [2.05, 4.69) is 24.4 Å². The summed E-state index contributed by atoms with van der Waals surface area (Å²) in [5, 5.41) is 14.2. The Morgan fingerprint density at radius 1 is 1.24 bits per heavy atom. The average molecular weight is 306 g/mol. The van der Waals surface area contributed by atoms with Gasteiger partial charge in [0.1, 0.15) is 5.75 Å². The van der Waals surface area contributed by atoms with Crippen LogP contribution in [0.5, 0.6) is 5.75 Å². The van der Waals surface area contributed by atoms with Crippen LogP contribution in [0.4, 0.5) is 11.4 Å². The summed E-state index contributed by atoms with van der Waals surface area (Å²) >= 11 is 1.75. The Morgan fingerprint density at radius 3 is 2.62 bits per heavy atom. The minimum absolute atomic E-state index is 0.0314. The summed E-state index contributed by atoms with van der Waals surface area (Å²) in [7, 11) is 0. The van der Waals surface area contributed by atoms with Gasteiger partial charge in [0.2, 0.25) is 0 Å². The van der Waals surface area contributed by atoms with Crippen LogP contribution in [-0.4, -0.2) is 11.5 Å². The topological polar surface area (TPSA) is 64.4 Å². The van der Waals surface area contributed by atoms with Crippen molar-refractivity contribution in [2.45, 2.75) is 26.8 Å². The van der Waals surface area contributed by atoms with Crippen molar-refractivity contribution in [3.63, 3.8) is 0 Å². The zero-order chi connectivity index (χ0) is 15.2. The van der Waals surface area contributed by atoms with Crippen LogP contribution in [0.3, 0.4) is 0 Å². The summed E-state index contributed by atoms with van der Waals surface area (Å²) < 4.78 is 5.37. The molecule has 1 heterocycles. The zero-order valence-electron chi connectivity index (χ0n) is 12.1. The first-order valence-corrected chi connectivity index (χ1v) is 7.67. The second kappa shape index (κ2) is 7.08. The van der Waals surface area contributed by atoms with Crippen LogP contribution in [0.25, 0.3) is 0 Å². The van der Waals surface area contributed by atoms with Crippen LogP contribution in [0.15, 0.2) is 30.3 Å². The fraction of sp³-hybridized carbons (Fsp3) is 0.333. The molecule has 0 radical (unpaired) electrons. The molecule has 1 N–H and O–H groups in total. The molecule has 0 atom stereocenters. The molecule has 0 aliphatic carbocycles. The van der Waals surface area contributed by atoms with E-state index < -0.39 is 4.92 Å². The van der Waals surface area contributed by atoms with Gasteiger partial charge in [0.15, 0.2) is 0 Å². The van der Waals surface area contributed by atoms with E-state index in [9.17, 15) is 10.1 Å². The predicted octanol–water partition coefficient (Wildman–Crippen LogP) is 4.23. The van der Waals surface area contributed by atoms with Crippen LogP contribution in [0, 0.1) is 10.1 Å². The van der Waals surface area contributed by atoms with E-state index >= 15 is 0 Å². The van der Waals surface area contributed by atoms with Gasteiger partial charge >= 0.3 is 0 Å². The highest BCUT2D eigenvalue weighted by Crippen LogP contribution is 2.27. The summed E-state index contributed by atoms with van der Waals surface area (Å²) in [6.45, 7) is 5.10. The molecule has 6 heteroatoms. The van der Waals surface area contributed by atoms with E-state index in [1.165, 1.54) is 21.9 Å². The van der Waals surface area contributed by atoms with Gasteiger partial charge < -0.3 is 10.1 Å². The molecule has 0 amide bonds. The first-order chi connectivity index (χ1) is 10.1. The second-order valence-electron chi connectivity index (χ2n) is 4.48. The number of nitro groups is 1. The van der Waals surface area contributed by atoms with Crippen molar-refractivity contribution in [3.8, 4) is 5.75 Å². The van der Waals surface area contributed by atoms with Gasteiger partial charge in [-0.15, -0.1) is 11.3 Å². The molecule has 2 aromatic rings. The summed E-state index contributed by atoms with van der Waals surface area (Å²) in [4.78, 5) is 13.1. The van der Waals surface area contributed by atoms with Crippen LogP contribution in [0.1, 0.15) is 23.6 Å². The number of non-ortho nitro benzene ring substituents is 1. The molecular formula is C15H18N2O3S. The highest BCUT2D eigenvalue weighted by molar-refractivity contribution is 7.12. The SMILES string of the molecule is CCOc1cc(NCc2ccc(CC)s2)cc([N+](=O)[O-])c1. The minimum atomic E-state index is -0.409. The van der Waals surface area contributed by atoms with Gasteiger partial charge in [0.05, 0.1) is 17.6 Å². The van der Waals surface area contributed by atoms with Gasteiger partial charge in [-0.25, -0.2) is 0 Å². The van der Waals surface area contributed by atoms with Crippen molar-refractivity contribution in [2.24, 2.45) is 0 Å². The number of aryl methyl sites for hydroxylation is 1. The Balaban J connectivity index is 2.12. The number of nitrogens with zero attached hydrogens (tertiary/aromatic N) is 1. The molecule has 0 unspecified atom stereocenters. The molecule has 112 valence electrons. The molecule has 0 saturated heterocycles. The molecule has 0 aliphatic heterocycles. The van der Waals surface area contributed by atoms with Crippen molar-refractivity contribution >= 4 is 22.7 Å². The molecule has 1 aromatic heterocycles. The number of ether oxygens (including phenoxy) is 1. The molecule has 0 bridgehead atoms. The molecule has 1 aromatic carbocycles. The lowest BCUT2D eigenvalue weighted by atomic mass is 10.2. The number of anilines is 1. The Morgan fingerprint density at radius 2 is 2.00 bits per heavy atom. The van der Waals surface area contributed by atoms with Crippen molar-refractivity contribution in [1.82, 2.24) is 0 Å². The third-order valence-electron chi connectivity index (χ3n) is 2.95. The Kier molecular flexibility index (Phi) is 5.16. The van der Waals surface area contributed by atoms with Gasteiger partial charge in [-0.2, -0.15) is 0 Å². The quantitative estimate of drug-likeness (QED) is 0.614. The average Bonchev–Trinajstić information content (AvgIpc) is 2.93. The van der Waals surface area contributed by atoms with Crippen molar-refractivity contribution < 1.29 is 9.66 Å². The molecule has 0 fully saturated rings. The highest BCUT2D eigenvalue weighted by atomic mass is 32.1. The lowest BCUT2D eigenvalue weighted by molar-refractivity contribution is -0.384. The molecule has 0 aliphatic rings. The van der Waals surface area contributed by atoms with Crippen molar-refractivity contribution in [2.75, 3.05) is 11.9 Å². The molecule has 0 spiro atoms. The fourth-order valence-corrected chi connectivity index (χ4v) is 2.83. The molecule has 0 saturated carbocycles. The summed E-state index contributed by atoms with van der Waals surface area (Å²) in [5.41, 5.74) is 0.725. The number of rotatable bonds is 7. The predicted molar refractivity (Wildman–Crippen MR) is 85.3 cm³/mol. The Hall–Kier alpha value is -2.08. The second-order valence-corrected chi connectivity index (χ2v) is 5.73. The molecule has 21 heavy (non-hydrogen) atoms. The summed E-state index contributed by atoms with van der Waals surface area (Å²) in [6, 6.07) is 8.94. The van der Waals surface area contributed by atoms with Crippen molar-refractivity contribution in [1.29, 1.82) is 0 Å². The van der Waals surface area contributed by atoms with Crippen molar-refractivity contribution in [3.05, 3.63) is 50.2 Å². The normalized spacial score (nSPS) is 10.4. The van der Waals surface area contributed by atoms with Crippen LogP contribution in [0.2, 0.25) is 0 Å². The Bertz CT molecular complexity index is 625. The number of hydrogen-bond donors (Lipinski definition) is 1. The van der Waals surface area contributed by atoms with Gasteiger partial charge in [-0.1, -0.05) is 6.92 Å². The molecule has 2 rings (SSSR count). The number of thiophene rings is 1. The van der Waals surface area contributed by atoms with E-state index in [4.69, 9.17) is 4.74 Å². The third kappa shape index (κ3) is 4.19. The highest BCUT2D eigenvalue weighted by Gasteiger charge is 2.10. The summed E-state index contributed by atoms with van der Waals surface area (Å²) in [6.07, 6.45) is 1.02. The maximum absolute atomic E-state index is 11.0. The minimum Gasteiger partial charge on any atom is -0.494 e. The first kappa shape index (κ1) is 15.3. The van der Waals surface area contributed by atoms with Crippen LogP contribution >= 0.6 is 11.3 Å². The fourth-order valence-electron chi connectivity index (χ4n) is 1.94. The number of nitro benzene ring substituents is 1. The van der Waals surface area contributed by atoms with E-state index in [1.54, 1.807) is 17.4 Å². The van der Waals surface area contributed by atoms with E-state index in [0.29, 0.717) is 24.6 Å². The standard InChI is InChI=1S/C15H18N2O3S/c1-3-14-5-6-15(21-14)10-16-11-7-12(17(18)19)9-13(8-11)20-4-2/h5-9,16H,3-4,10H2,1-2H3. The maximum atomic E-state index is 11.0. The monoisotopic (exact) mass is 306 g/mol. The molecule has 5 nitrogen and oxygen atoms in total. The summed E-state index contributed by atoms with van der Waals surface area (Å²) in [5.74, 6) is 0.509. The van der Waals surface area contributed by atoms with Gasteiger partial charge in [-0.05, 0) is 25.5 Å². The number of hydrogen-bond acceptors (Lipinski definition) is 5. The van der Waals surface area contributed by atoms with E-state index in [-0.39, 0.29) is 5.69 Å². The zero-order valence-corrected chi connectivity index (χ0v) is 12.9. The van der Waals surface area contributed by atoms with Crippen LogP contribution < -0.4 is 10.1 Å². The lowest BCUT2D eigenvalue weighted by Gasteiger charge is -2.08. The van der Waals surface area contributed by atoms with E-state index in [1.807, 2.05) is 6.92 Å². The maximum Gasteiger partial charge on any atom is 0.275 e. The third-order valence-corrected chi connectivity index (χ3v) is 4.18. The lowest BCUT2D eigenvalue weighted by Crippen LogP contribution is -2.00. The van der Waals surface area contributed by atoms with Gasteiger partial charge in [0.25, 0.3) is 5.69 Å².